The van der Waals surface area contributed by atoms with Gasteiger partial charge in [-0.25, -0.2) is 9.67 Å². The van der Waals surface area contributed by atoms with Gasteiger partial charge in [0.1, 0.15) is 5.75 Å². The SMILES string of the molecule is CC[C@H](CCCCOc1ccc(-c2nnn(C)c2Nc2nnc(CC3CC3)o2)nc1C)C(=O)O. The summed E-state index contributed by atoms with van der Waals surface area (Å²) in [6, 6.07) is 4.00. The van der Waals surface area contributed by atoms with Crippen LogP contribution in [0.3, 0.4) is 0 Å². The van der Waals surface area contributed by atoms with Gasteiger partial charge in [0.15, 0.2) is 11.5 Å². The highest BCUT2D eigenvalue weighted by molar-refractivity contribution is 5.71. The Morgan fingerprint density at radius 3 is 2.82 bits per heavy atom. The fraction of sp³-hybridized carbons (Fsp3) is 0.565. The van der Waals surface area contributed by atoms with Gasteiger partial charge < -0.3 is 14.3 Å². The third-order valence-corrected chi connectivity index (χ3v) is 6.01. The number of aromatic nitrogens is 6. The third kappa shape index (κ3) is 5.89. The highest BCUT2D eigenvalue weighted by atomic mass is 16.5. The fourth-order valence-corrected chi connectivity index (χ4v) is 3.74. The van der Waals surface area contributed by atoms with E-state index in [0.29, 0.717) is 60.2 Å². The topological polar surface area (TPSA) is 141 Å². The van der Waals surface area contributed by atoms with Gasteiger partial charge in [0.05, 0.1) is 23.9 Å². The molecule has 3 aromatic rings. The van der Waals surface area contributed by atoms with Crippen molar-refractivity contribution < 1.29 is 19.1 Å². The molecule has 2 N–H and O–H groups in total. The molecule has 3 aromatic heterocycles. The van der Waals surface area contributed by atoms with Crippen molar-refractivity contribution in [2.75, 3.05) is 11.9 Å². The first-order valence-electron chi connectivity index (χ1n) is 11.8. The average molecular weight is 470 g/mol. The first-order chi connectivity index (χ1) is 16.4. The Labute approximate surface area is 197 Å². The van der Waals surface area contributed by atoms with Gasteiger partial charge in [-0.2, -0.15) is 0 Å². The summed E-state index contributed by atoms with van der Waals surface area (Å²) < 4.78 is 13.2. The molecule has 0 amide bonds. The number of nitrogens with zero attached hydrogens (tertiary/aromatic N) is 6. The minimum atomic E-state index is -0.727. The molecule has 0 unspecified atom stereocenters. The van der Waals surface area contributed by atoms with Crippen LogP contribution in [0.2, 0.25) is 0 Å². The standard InChI is InChI=1S/C23H31N7O4/c1-4-16(22(31)32)7-5-6-12-33-18-11-10-17(24-14(18)2)20-21(30(3)29-27-20)25-23-28-26-19(34-23)13-15-8-9-15/h10-11,15-16H,4-9,12-13H2,1-3H3,(H,25,28)(H,31,32)/t16-/m1/s1. The zero-order valence-electron chi connectivity index (χ0n) is 19.8. The zero-order valence-corrected chi connectivity index (χ0v) is 19.8. The number of carboxylic acids is 1. The summed E-state index contributed by atoms with van der Waals surface area (Å²) in [6.07, 6.45) is 6.15. The van der Waals surface area contributed by atoms with Crippen molar-refractivity contribution in [3.8, 4) is 17.1 Å². The molecule has 34 heavy (non-hydrogen) atoms. The van der Waals surface area contributed by atoms with E-state index in [1.807, 2.05) is 26.0 Å². The summed E-state index contributed by atoms with van der Waals surface area (Å²) in [5.41, 5.74) is 1.94. The van der Waals surface area contributed by atoms with Crippen LogP contribution in [0.25, 0.3) is 11.4 Å². The van der Waals surface area contributed by atoms with Crippen molar-refractivity contribution in [2.45, 2.75) is 58.8 Å². The molecule has 1 fully saturated rings. The normalized spacial score (nSPS) is 14.2. The molecule has 1 aliphatic rings. The van der Waals surface area contributed by atoms with Crippen LogP contribution in [0.15, 0.2) is 16.5 Å². The summed E-state index contributed by atoms with van der Waals surface area (Å²) in [5.74, 6) is 1.57. The van der Waals surface area contributed by atoms with Crippen LogP contribution in [-0.2, 0) is 18.3 Å². The van der Waals surface area contributed by atoms with Crippen molar-refractivity contribution >= 4 is 17.8 Å². The Hall–Kier alpha value is -3.50. The number of carboxylic acid groups (broad SMARTS) is 1. The largest absolute Gasteiger partial charge is 0.492 e. The van der Waals surface area contributed by atoms with Crippen LogP contribution in [-0.4, -0.2) is 47.9 Å². The van der Waals surface area contributed by atoms with Gasteiger partial charge in [-0.1, -0.05) is 17.2 Å². The van der Waals surface area contributed by atoms with E-state index >= 15 is 0 Å². The molecule has 0 spiro atoms. The molecule has 3 heterocycles. The van der Waals surface area contributed by atoms with Gasteiger partial charge in [-0.05, 0) is 63.5 Å². The van der Waals surface area contributed by atoms with E-state index in [4.69, 9.17) is 14.3 Å². The molecule has 1 aliphatic carbocycles. The predicted octanol–water partition coefficient (Wildman–Crippen LogP) is 3.92. The third-order valence-electron chi connectivity index (χ3n) is 6.01. The second-order valence-corrected chi connectivity index (χ2v) is 8.75. The number of aryl methyl sites for hydroxylation is 2. The Balaban J connectivity index is 1.36. The van der Waals surface area contributed by atoms with Gasteiger partial charge in [0.2, 0.25) is 5.89 Å². The summed E-state index contributed by atoms with van der Waals surface area (Å²) in [4.78, 5) is 15.8. The van der Waals surface area contributed by atoms with Crippen molar-refractivity contribution in [1.82, 2.24) is 30.2 Å². The van der Waals surface area contributed by atoms with Gasteiger partial charge in [-0.3, -0.25) is 10.1 Å². The maximum Gasteiger partial charge on any atom is 0.321 e. The summed E-state index contributed by atoms with van der Waals surface area (Å²) >= 11 is 0. The lowest BCUT2D eigenvalue weighted by atomic mass is 10.00. The first kappa shape index (κ1) is 23.7. The Morgan fingerprint density at radius 2 is 2.12 bits per heavy atom. The van der Waals surface area contributed by atoms with E-state index in [1.165, 1.54) is 12.8 Å². The van der Waals surface area contributed by atoms with Gasteiger partial charge >= 0.3 is 12.0 Å². The molecule has 0 aliphatic heterocycles. The summed E-state index contributed by atoms with van der Waals surface area (Å²) in [7, 11) is 1.78. The van der Waals surface area contributed by atoms with Crippen LogP contribution >= 0.6 is 0 Å². The molecule has 1 atom stereocenters. The highest BCUT2D eigenvalue weighted by Gasteiger charge is 2.25. The molecule has 0 aromatic carbocycles. The molecular weight excluding hydrogens is 438 g/mol. The molecule has 182 valence electrons. The minimum absolute atomic E-state index is 0.283. The quantitative estimate of drug-likeness (QED) is 0.354. The predicted molar refractivity (Wildman–Crippen MR) is 124 cm³/mol. The Morgan fingerprint density at radius 1 is 1.29 bits per heavy atom. The average Bonchev–Trinajstić information content (AvgIpc) is 3.40. The molecule has 11 nitrogen and oxygen atoms in total. The van der Waals surface area contributed by atoms with Crippen molar-refractivity contribution in [2.24, 2.45) is 18.9 Å². The number of carbonyl (C=O) groups is 1. The maximum absolute atomic E-state index is 11.1. The summed E-state index contributed by atoms with van der Waals surface area (Å²) in [6.45, 7) is 4.29. The smallest absolute Gasteiger partial charge is 0.321 e. The van der Waals surface area contributed by atoms with Crippen LogP contribution in [0.1, 0.15) is 57.0 Å². The number of nitrogens with one attached hydrogen (secondary N) is 1. The molecule has 11 heteroatoms. The number of aliphatic carboxylic acids is 1. The lowest BCUT2D eigenvalue weighted by molar-refractivity contribution is -0.142. The van der Waals surface area contributed by atoms with E-state index in [1.54, 1.807) is 11.7 Å². The molecule has 0 radical (unpaired) electrons. The van der Waals surface area contributed by atoms with E-state index < -0.39 is 5.97 Å². The van der Waals surface area contributed by atoms with E-state index in [-0.39, 0.29) is 5.92 Å². The molecular formula is C23H31N7O4. The minimum Gasteiger partial charge on any atom is -0.492 e. The van der Waals surface area contributed by atoms with Crippen molar-refractivity contribution in [3.63, 3.8) is 0 Å². The highest BCUT2D eigenvalue weighted by Crippen LogP contribution is 2.33. The van der Waals surface area contributed by atoms with Crippen LogP contribution in [0, 0.1) is 18.8 Å². The number of rotatable bonds is 13. The molecule has 0 bridgehead atoms. The van der Waals surface area contributed by atoms with Crippen LogP contribution < -0.4 is 10.1 Å². The van der Waals surface area contributed by atoms with Crippen LogP contribution in [0.5, 0.6) is 5.75 Å². The fourth-order valence-electron chi connectivity index (χ4n) is 3.74. The van der Waals surface area contributed by atoms with E-state index in [9.17, 15) is 4.79 Å². The Kier molecular flexibility index (Phi) is 7.39. The molecule has 1 saturated carbocycles. The lowest BCUT2D eigenvalue weighted by Crippen LogP contribution is -2.12. The second kappa shape index (κ2) is 10.6. The Bertz CT molecular complexity index is 1120. The lowest BCUT2D eigenvalue weighted by Gasteiger charge is -2.11. The van der Waals surface area contributed by atoms with Crippen molar-refractivity contribution in [1.29, 1.82) is 0 Å². The number of ether oxygens (including phenoxy) is 1. The van der Waals surface area contributed by atoms with Gasteiger partial charge in [-0.15, -0.1) is 10.2 Å². The number of unbranched alkanes of at least 4 members (excludes halogenated alkanes) is 1. The monoisotopic (exact) mass is 469 g/mol. The maximum atomic E-state index is 11.1. The number of anilines is 2. The van der Waals surface area contributed by atoms with E-state index in [0.717, 1.165) is 25.0 Å². The number of hydrogen-bond donors (Lipinski definition) is 2. The second-order valence-electron chi connectivity index (χ2n) is 8.75. The summed E-state index contributed by atoms with van der Waals surface area (Å²) in [5, 5.41) is 28.8. The number of hydrogen-bond acceptors (Lipinski definition) is 9. The van der Waals surface area contributed by atoms with Crippen LogP contribution in [0.4, 0.5) is 11.8 Å². The zero-order chi connectivity index (χ0) is 24.1. The van der Waals surface area contributed by atoms with Gasteiger partial charge in [0.25, 0.3) is 0 Å². The molecule has 0 saturated heterocycles. The van der Waals surface area contributed by atoms with Crippen molar-refractivity contribution in [3.05, 3.63) is 23.7 Å². The van der Waals surface area contributed by atoms with E-state index in [2.05, 4.69) is 30.8 Å². The number of pyridine rings is 1. The molecule has 4 rings (SSSR count). The first-order valence-corrected chi connectivity index (χ1v) is 11.8. The van der Waals surface area contributed by atoms with Gasteiger partial charge in [0, 0.05) is 13.5 Å².